The monoisotopic (exact) mass is 376 g/mol. The number of aliphatic hydroxyl groups is 1. The molecule has 3 nitrogen and oxygen atoms in total. The highest BCUT2D eigenvalue weighted by atomic mass is 16.5. The lowest BCUT2D eigenvalue weighted by Gasteiger charge is -2.21. The third-order valence-electron chi connectivity index (χ3n) is 4.96. The van der Waals surface area contributed by atoms with Crippen molar-refractivity contribution in [1.29, 1.82) is 0 Å². The fraction of sp³-hybridized carbons (Fsp3) is 0.280. The number of ether oxygens (including phenoxy) is 1. The highest BCUT2D eigenvalue weighted by Crippen LogP contribution is 2.25. The van der Waals surface area contributed by atoms with E-state index in [1.54, 1.807) is 0 Å². The maximum Gasteiger partial charge on any atom is 0.128 e. The van der Waals surface area contributed by atoms with E-state index < -0.39 is 6.10 Å². The van der Waals surface area contributed by atoms with E-state index in [1.807, 2.05) is 42.5 Å². The molecule has 2 atom stereocenters. The van der Waals surface area contributed by atoms with Gasteiger partial charge in [-0.1, -0.05) is 91.0 Å². The van der Waals surface area contributed by atoms with E-state index in [9.17, 15) is 5.11 Å². The Morgan fingerprint density at radius 1 is 0.750 bits per heavy atom. The van der Waals surface area contributed by atoms with Crippen molar-refractivity contribution in [3.05, 3.63) is 108 Å². The molecule has 0 aliphatic rings. The molecule has 0 amide bonds. The standard InChI is InChI=1S/C25H29NO2/c1-26(20-24(27)21-12-5-2-6-13-21)18-11-19-28-25(22-14-7-3-8-15-22)23-16-9-4-10-17-23/h2-10,12-17,24-25,27H,11,18-20H2,1H3/p+1. The minimum absolute atomic E-state index is 0.0439. The van der Waals surface area contributed by atoms with Crippen molar-refractivity contribution in [2.75, 3.05) is 26.7 Å². The zero-order valence-corrected chi connectivity index (χ0v) is 16.5. The molecule has 2 N–H and O–H groups in total. The van der Waals surface area contributed by atoms with Crippen molar-refractivity contribution >= 4 is 0 Å². The molecule has 0 saturated heterocycles. The Morgan fingerprint density at radius 2 is 1.21 bits per heavy atom. The summed E-state index contributed by atoms with van der Waals surface area (Å²) in [5.74, 6) is 0. The van der Waals surface area contributed by atoms with E-state index in [1.165, 1.54) is 16.0 Å². The predicted molar refractivity (Wildman–Crippen MR) is 113 cm³/mol. The molecule has 3 aromatic carbocycles. The van der Waals surface area contributed by atoms with Crippen LogP contribution in [0.3, 0.4) is 0 Å². The summed E-state index contributed by atoms with van der Waals surface area (Å²) in [4.78, 5) is 1.30. The minimum atomic E-state index is -0.427. The van der Waals surface area contributed by atoms with Gasteiger partial charge in [0.2, 0.25) is 0 Å². The first-order valence-corrected chi connectivity index (χ1v) is 10.00. The lowest BCUT2D eigenvalue weighted by Crippen LogP contribution is -3.09. The quantitative estimate of drug-likeness (QED) is 0.532. The van der Waals surface area contributed by atoms with Crippen LogP contribution in [0.5, 0.6) is 0 Å². The van der Waals surface area contributed by atoms with Gasteiger partial charge in [0.15, 0.2) is 0 Å². The average Bonchev–Trinajstić information content (AvgIpc) is 2.75. The van der Waals surface area contributed by atoms with Crippen molar-refractivity contribution in [3.63, 3.8) is 0 Å². The number of hydrogen-bond acceptors (Lipinski definition) is 2. The number of nitrogens with one attached hydrogen (secondary N) is 1. The summed E-state index contributed by atoms with van der Waals surface area (Å²) in [7, 11) is 2.12. The maximum atomic E-state index is 10.4. The van der Waals surface area contributed by atoms with Crippen molar-refractivity contribution < 1.29 is 14.7 Å². The number of likely N-dealkylation sites (N-methyl/N-ethyl adjacent to an activating group) is 1. The zero-order chi connectivity index (χ0) is 19.6. The predicted octanol–water partition coefficient (Wildman–Crippen LogP) is 3.43. The minimum Gasteiger partial charge on any atom is -0.382 e. The van der Waals surface area contributed by atoms with E-state index >= 15 is 0 Å². The Morgan fingerprint density at radius 3 is 1.71 bits per heavy atom. The molecule has 0 spiro atoms. The molecule has 3 heteroatoms. The average molecular weight is 377 g/mol. The Labute approximate surface area is 168 Å². The molecule has 0 heterocycles. The summed E-state index contributed by atoms with van der Waals surface area (Å²) >= 11 is 0. The first kappa shape index (κ1) is 20.3. The highest BCUT2D eigenvalue weighted by Gasteiger charge is 2.16. The second-order valence-corrected chi connectivity index (χ2v) is 7.26. The fourth-order valence-corrected chi connectivity index (χ4v) is 3.44. The lowest BCUT2D eigenvalue weighted by atomic mass is 10.0. The molecular formula is C25H30NO2+. The van der Waals surface area contributed by atoms with E-state index in [2.05, 4.69) is 55.6 Å². The van der Waals surface area contributed by atoms with Crippen molar-refractivity contribution in [1.82, 2.24) is 0 Å². The number of rotatable bonds is 10. The molecule has 0 saturated carbocycles. The molecule has 0 radical (unpaired) electrons. The summed E-state index contributed by atoms with van der Waals surface area (Å²) < 4.78 is 6.28. The molecule has 146 valence electrons. The Kier molecular flexibility index (Phi) is 7.80. The van der Waals surface area contributed by atoms with E-state index in [4.69, 9.17) is 4.74 Å². The van der Waals surface area contributed by atoms with Crippen LogP contribution >= 0.6 is 0 Å². The SMILES string of the molecule is C[NH+](CCCOC(c1ccccc1)c1ccccc1)CC(O)c1ccccc1. The largest absolute Gasteiger partial charge is 0.382 e. The summed E-state index contributed by atoms with van der Waals surface area (Å²) in [6, 6.07) is 30.6. The lowest BCUT2D eigenvalue weighted by molar-refractivity contribution is -0.884. The van der Waals surface area contributed by atoms with Gasteiger partial charge in [-0.2, -0.15) is 0 Å². The second-order valence-electron chi connectivity index (χ2n) is 7.26. The first-order chi connectivity index (χ1) is 13.7. The van der Waals surface area contributed by atoms with Gasteiger partial charge in [0.25, 0.3) is 0 Å². The molecule has 2 unspecified atom stereocenters. The van der Waals surface area contributed by atoms with E-state index in [-0.39, 0.29) is 6.10 Å². The molecule has 0 aliphatic carbocycles. The van der Waals surface area contributed by atoms with Gasteiger partial charge < -0.3 is 14.7 Å². The molecule has 3 aromatic rings. The summed E-state index contributed by atoms with van der Waals surface area (Å²) in [5, 5.41) is 10.4. The normalized spacial score (nSPS) is 13.4. The summed E-state index contributed by atoms with van der Waals surface area (Å²) in [6.45, 7) is 2.35. The molecule has 28 heavy (non-hydrogen) atoms. The molecule has 0 bridgehead atoms. The third kappa shape index (κ3) is 6.03. The second kappa shape index (κ2) is 10.8. The van der Waals surface area contributed by atoms with Gasteiger partial charge in [-0.25, -0.2) is 0 Å². The molecule has 3 rings (SSSR count). The topological polar surface area (TPSA) is 33.9 Å². The van der Waals surface area contributed by atoms with Gasteiger partial charge in [0.05, 0.1) is 20.2 Å². The van der Waals surface area contributed by atoms with Crippen molar-refractivity contribution in [3.8, 4) is 0 Å². The number of hydrogen-bond donors (Lipinski definition) is 2. The third-order valence-corrected chi connectivity index (χ3v) is 4.96. The van der Waals surface area contributed by atoms with E-state index in [0.29, 0.717) is 13.2 Å². The van der Waals surface area contributed by atoms with Crippen molar-refractivity contribution in [2.24, 2.45) is 0 Å². The fourth-order valence-electron chi connectivity index (χ4n) is 3.44. The summed E-state index contributed by atoms with van der Waals surface area (Å²) in [5.41, 5.74) is 3.33. The first-order valence-electron chi connectivity index (χ1n) is 10.00. The molecule has 0 fully saturated rings. The van der Waals surface area contributed by atoms with Crippen LogP contribution in [0, 0.1) is 0 Å². The van der Waals surface area contributed by atoms with Crippen LogP contribution < -0.4 is 4.90 Å². The number of benzene rings is 3. The summed E-state index contributed by atoms with van der Waals surface area (Å²) in [6.07, 6.45) is 0.477. The van der Waals surface area contributed by atoms with Crippen LogP contribution in [0.2, 0.25) is 0 Å². The smallest absolute Gasteiger partial charge is 0.128 e. The van der Waals surface area contributed by atoms with Gasteiger partial charge >= 0.3 is 0 Å². The van der Waals surface area contributed by atoms with Crippen LogP contribution in [0.15, 0.2) is 91.0 Å². The van der Waals surface area contributed by atoms with Gasteiger partial charge in [-0.15, -0.1) is 0 Å². The van der Waals surface area contributed by atoms with Gasteiger partial charge in [-0.3, -0.25) is 0 Å². The van der Waals surface area contributed by atoms with E-state index in [0.717, 1.165) is 18.5 Å². The highest BCUT2D eigenvalue weighted by molar-refractivity contribution is 5.29. The number of aliphatic hydroxyl groups excluding tert-OH is 1. The Balaban J connectivity index is 1.49. The van der Waals surface area contributed by atoms with Crippen LogP contribution in [0.1, 0.15) is 35.3 Å². The van der Waals surface area contributed by atoms with Gasteiger partial charge in [-0.05, 0) is 16.7 Å². The molecular weight excluding hydrogens is 346 g/mol. The van der Waals surface area contributed by atoms with Crippen LogP contribution in [0.4, 0.5) is 0 Å². The molecule has 0 aliphatic heterocycles. The van der Waals surface area contributed by atoms with Crippen LogP contribution in [0.25, 0.3) is 0 Å². The van der Waals surface area contributed by atoms with Gasteiger partial charge in [0.1, 0.15) is 18.8 Å². The molecule has 0 aromatic heterocycles. The zero-order valence-electron chi connectivity index (χ0n) is 16.5. The Hall–Kier alpha value is -2.46. The van der Waals surface area contributed by atoms with Crippen LogP contribution in [-0.4, -0.2) is 31.9 Å². The van der Waals surface area contributed by atoms with Crippen LogP contribution in [-0.2, 0) is 4.74 Å². The number of quaternary nitrogens is 1. The Bertz CT molecular complexity index is 753. The van der Waals surface area contributed by atoms with Crippen molar-refractivity contribution in [2.45, 2.75) is 18.6 Å². The maximum absolute atomic E-state index is 10.4. The van der Waals surface area contributed by atoms with Gasteiger partial charge in [0, 0.05) is 6.42 Å².